The molecule has 1 saturated carbocycles. The van der Waals surface area contributed by atoms with E-state index >= 15 is 0 Å². The minimum absolute atomic E-state index is 0.120. The summed E-state index contributed by atoms with van der Waals surface area (Å²) in [7, 11) is 0. The Morgan fingerprint density at radius 1 is 1.06 bits per heavy atom. The third-order valence-corrected chi connectivity index (χ3v) is 4.30. The second-order valence-corrected chi connectivity index (χ2v) is 5.60. The van der Waals surface area contributed by atoms with Gasteiger partial charge >= 0.3 is 0 Å². The summed E-state index contributed by atoms with van der Waals surface area (Å²) >= 11 is 0. The van der Waals surface area contributed by atoms with Gasteiger partial charge < -0.3 is 14.9 Å². The van der Waals surface area contributed by atoms with Crippen molar-refractivity contribution in [2.24, 2.45) is 0 Å². The van der Waals surface area contributed by atoms with Crippen LogP contribution in [0.25, 0.3) is 0 Å². The molecule has 0 aromatic heterocycles. The first-order valence-electron chi connectivity index (χ1n) is 7.46. The van der Waals surface area contributed by atoms with Gasteiger partial charge in [-0.05, 0) is 32.1 Å². The molecule has 2 fully saturated rings. The van der Waals surface area contributed by atoms with Gasteiger partial charge in [-0.1, -0.05) is 12.8 Å². The fourth-order valence-corrected chi connectivity index (χ4v) is 3.21. The van der Waals surface area contributed by atoms with E-state index in [1.54, 1.807) is 0 Å². The minimum atomic E-state index is -0.120. The van der Waals surface area contributed by atoms with Gasteiger partial charge in [-0.3, -0.25) is 4.90 Å². The van der Waals surface area contributed by atoms with Gasteiger partial charge in [0.25, 0.3) is 0 Å². The summed E-state index contributed by atoms with van der Waals surface area (Å²) in [5.74, 6) is 0. The summed E-state index contributed by atoms with van der Waals surface area (Å²) < 4.78 is 5.74. The van der Waals surface area contributed by atoms with Crippen LogP contribution >= 0.6 is 0 Å². The lowest BCUT2D eigenvalue weighted by Crippen LogP contribution is -2.49. The van der Waals surface area contributed by atoms with Gasteiger partial charge in [0.15, 0.2) is 0 Å². The molecule has 0 bridgehead atoms. The molecule has 2 N–H and O–H groups in total. The maximum atomic E-state index is 10.1. The molecule has 2 rings (SSSR count). The third-order valence-electron chi connectivity index (χ3n) is 4.30. The van der Waals surface area contributed by atoms with Crippen molar-refractivity contribution in [3.05, 3.63) is 0 Å². The Kier molecular flexibility index (Phi) is 5.89. The van der Waals surface area contributed by atoms with Gasteiger partial charge in [0.2, 0.25) is 0 Å². The van der Waals surface area contributed by atoms with Crippen molar-refractivity contribution in [3.63, 3.8) is 0 Å². The molecule has 2 atom stereocenters. The number of hydrogen-bond acceptors (Lipinski definition) is 4. The van der Waals surface area contributed by atoms with Crippen molar-refractivity contribution in [2.45, 2.75) is 63.2 Å². The molecule has 2 unspecified atom stereocenters. The predicted molar refractivity (Wildman–Crippen MR) is 70.5 cm³/mol. The Morgan fingerprint density at radius 3 is 2.44 bits per heavy atom. The molecule has 0 spiro atoms. The quantitative estimate of drug-likeness (QED) is 0.726. The van der Waals surface area contributed by atoms with Crippen LogP contribution in [0, 0.1) is 0 Å². The van der Waals surface area contributed by atoms with Crippen LogP contribution in [0.3, 0.4) is 0 Å². The van der Waals surface area contributed by atoms with Crippen LogP contribution in [0.1, 0.15) is 44.9 Å². The van der Waals surface area contributed by atoms with E-state index < -0.39 is 0 Å². The molecular formula is C14H27NO3. The van der Waals surface area contributed by atoms with Crippen molar-refractivity contribution < 1.29 is 14.9 Å². The molecule has 4 heteroatoms. The van der Waals surface area contributed by atoms with E-state index in [9.17, 15) is 5.11 Å². The molecule has 1 aliphatic carbocycles. The maximum absolute atomic E-state index is 10.1. The van der Waals surface area contributed by atoms with Crippen molar-refractivity contribution in [3.8, 4) is 0 Å². The van der Waals surface area contributed by atoms with Crippen molar-refractivity contribution in [1.29, 1.82) is 0 Å². The maximum Gasteiger partial charge on any atom is 0.0695 e. The molecule has 0 radical (unpaired) electrons. The predicted octanol–water partition coefficient (Wildman–Crippen LogP) is 1.15. The van der Waals surface area contributed by atoms with Gasteiger partial charge in [-0.2, -0.15) is 0 Å². The number of piperidine rings is 1. The Bertz CT molecular complexity index is 229. The largest absolute Gasteiger partial charge is 0.396 e. The second kappa shape index (κ2) is 7.43. The summed E-state index contributed by atoms with van der Waals surface area (Å²) in [6, 6.07) is 0.386. The Morgan fingerprint density at radius 2 is 1.78 bits per heavy atom. The molecule has 1 aliphatic heterocycles. The van der Waals surface area contributed by atoms with E-state index in [0.29, 0.717) is 18.8 Å². The van der Waals surface area contributed by atoms with E-state index in [-0.39, 0.29) is 12.7 Å². The zero-order valence-corrected chi connectivity index (χ0v) is 11.3. The lowest BCUT2D eigenvalue weighted by atomic mass is 9.90. The zero-order valence-electron chi connectivity index (χ0n) is 11.3. The lowest BCUT2D eigenvalue weighted by Gasteiger charge is -2.41. The van der Waals surface area contributed by atoms with Crippen LogP contribution < -0.4 is 0 Å². The summed E-state index contributed by atoms with van der Waals surface area (Å²) in [6.45, 7) is 2.98. The summed E-state index contributed by atoms with van der Waals surface area (Å²) in [6.07, 6.45) is 7.66. The van der Waals surface area contributed by atoms with Gasteiger partial charge in [-0.15, -0.1) is 0 Å². The van der Waals surface area contributed by atoms with Crippen molar-refractivity contribution >= 4 is 0 Å². The van der Waals surface area contributed by atoms with Crippen LogP contribution in [0.4, 0.5) is 0 Å². The molecule has 0 amide bonds. The first kappa shape index (κ1) is 14.3. The molecule has 4 nitrogen and oxygen atoms in total. The number of aliphatic hydroxyl groups is 2. The highest BCUT2D eigenvalue weighted by Crippen LogP contribution is 2.26. The number of rotatable bonds is 5. The van der Waals surface area contributed by atoms with Crippen LogP contribution in [0.2, 0.25) is 0 Å². The van der Waals surface area contributed by atoms with E-state index in [2.05, 4.69) is 4.90 Å². The van der Waals surface area contributed by atoms with E-state index in [1.165, 1.54) is 12.8 Å². The van der Waals surface area contributed by atoms with Gasteiger partial charge in [0.1, 0.15) is 0 Å². The lowest BCUT2D eigenvalue weighted by molar-refractivity contribution is -0.0363. The topological polar surface area (TPSA) is 52.9 Å². The Labute approximate surface area is 110 Å². The first-order chi connectivity index (χ1) is 8.81. The number of hydrogen-bond donors (Lipinski definition) is 2. The molecule has 2 aliphatic rings. The number of nitrogens with zero attached hydrogens (tertiary/aromatic N) is 1. The van der Waals surface area contributed by atoms with Gasteiger partial charge in [0, 0.05) is 32.3 Å². The fraction of sp³-hybridized carbons (Fsp3) is 1.00. The van der Waals surface area contributed by atoms with Gasteiger partial charge in [0.05, 0.1) is 12.2 Å². The second-order valence-electron chi connectivity index (χ2n) is 5.60. The smallest absolute Gasteiger partial charge is 0.0695 e. The van der Waals surface area contributed by atoms with E-state index in [4.69, 9.17) is 9.84 Å². The first-order valence-corrected chi connectivity index (χ1v) is 7.46. The summed E-state index contributed by atoms with van der Waals surface area (Å²) in [5, 5.41) is 18.8. The van der Waals surface area contributed by atoms with E-state index in [0.717, 1.165) is 45.2 Å². The highest BCUT2D eigenvalue weighted by Gasteiger charge is 2.31. The van der Waals surface area contributed by atoms with Crippen LogP contribution in [0.15, 0.2) is 0 Å². The summed E-state index contributed by atoms with van der Waals surface area (Å²) in [5.41, 5.74) is 0. The zero-order chi connectivity index (χ0) is 12.8. The normalized spacial score (nSPS) is 31.7. The average molecular weight is 257 g/mol. The van der Waals surface area contributed by atoms with Crippen molar-refractivity contribution in [2.75, 3.05) is 26.3 Å². The Balaban J connectivity index is 1.69. The van der Waals surface area contributed by atoms with Crippen molar-refractivity contribution in [1.82, 2.24) is 4.90 Å². The highest BCUT2D eigenvalue weighted by molar-refractivity contribution is 4.86. The van der Waals surface area contributed by atoms with Crippen LogP contribution in [-0.4, -0.2) is 59.7 Å². The fourth-order valence-electron chi connectivity index (χ4n) is 3.21. The standard InChI is InChI=1S/C14H27NO3/c16-10-3-11-18-12-6-8-15(9-7-12)13-4-1-2-5-14(13)17/h12-14,16-17H,1-11H2. The molecule has 1 heterocycles. The van der Waals surface area contributed by atoms with Crippen LogP contribution in [0.5, 0.6) is 0 Å². The molecule has 0 aromatic rings. The molecule has 18 heavy (non-hydrogen) atoms. The Hall–Kier alpha value is -0.160. The highest BCUT2D eigenvalue weighted by atomic mass is 16.5. The molecule has 106 valence electrons. The average Bonchev–Trinajstić information content (AvgIpc) is 2.41. The minimum Gasteiger partial charge on any atom is -0.396 e. The van der Waals surface area contributed by atoms with Crippen LogP contribution in [-0.2, 0) is 4.74 Å². The summed E-state index contributed by atoms with van der Waals surface area (Å²) in [4.78, 5) is 2.45. The number of likely N-dealkylation sites (tertiary alicyclic amines) is 1. The monoisotopic (exact) mass is 257 g/mol. The van der Waals surface area contributed by atoms with E-state index in [1.807, 2.05) is 0 Å². The number of aliphatic hydroxyl groups excluding tert-OH is 2. The number of ether oxygens (including phenoxy) is 1. The molecule has 0 aromatic carbocycles. The SMILES string of the molecule is OCCCOC1CCN(C2CCCCC2O)CC1. The third kappa shape index (κ3) is 3.92. The van der Waals surface area contributed by atoms with Gasteiger partial charge in [-0.25, -0.2) is 0 Å². The molecule has 1 saturated heterocycles. The molecular weight excluding hydrogens is 230 g/mol.